The quantitative estimate of drug-likeness (QED) is 0.344. The molecule has 1 aromatic heterocycles. The summed E-state index contributed by atoms with van der Waals surface area (Å²) in [6.45, 7) is 5.36. The summed E-state index contributed by atoms with van der Waals surface area (Å²) < 4.78 is 8.47. The normalized spacial score (nSPS) is 11.3. The number of hydrogen-bond acceptors (Lipinski definition) is 2. The molecule has 0 aliphatic heterocycles. The predicted molar refractivity (Wildman–Crippen MR) is 123 cm³/mol. The van der Waals surface area contributed by atoms with Crippen LogP contribution in [0.1, 0.15) is 22.5 Å². The number of imidazole rings is 1. The third-order valence-corrected chi connectivity index (χ3v) is 5.59. The van der Waals surface area contributed by atoms with Crippen LogP contribution >= 0.6 is 0 Å². The van der Waals surface area contributed by atoms with Crippen LogP contribution in [0.25, 0.3) is 21.8 Å². The fourth-order valence-electron chi connectivity index (χ4n) is 3.94. The summed E-state index contributed by atoms with van der Waals surface area (Å²) >= 11 is 0. The average molecular weight is 393 g/mol. The van der Waals surface area contributed by atoms with E-state index in [1.54, 1.807) is 0 Å². The molecule has 1 heterocycles. The van der Waals surface area contributed by atoms with Crippen molar-refractivity contribution < 1.29 is 4.74 Å². The van der Waals surface area contributed by atoms with Crippen LogP contribution in [0.4, 0.5) is 0 Å². The SMILES string of the molecule is Cc1ccc(C)c(OCc2nc3ccccc3n2Cc2ccc3ccccc3c2)c1. The molecule has 0 unspecified atom stereocenters. The van der Waals surface area contributed by atoms with Crippen LogP contribution < -0.4 is 4.74 Å². The van der Waals surface area contributed by atoms with Gasteiger partial charge in [-0.15, -0.1) is 0 Å². The summed E-state index contributed by atoms with van der Waals surface area (Å²) in [5, 5.41) is 2.52. The standard InChI is InChI=1S/C27H24N2O/c1-19-11-12-20(2)26(15-19)30-18-27-28-24-9-5-6-10-25(24)29(27)17-21-13-14-22-7-3-4-8-23(22)16-21/h3-16H,17-18H2,1-2H3. The fraction of sp³-hybridized carbons (Fsp3) is 0.148. The van der Waals surface area contributed by atoms with Crippen LogP contribution in [0.15, 0.2) is 84.9 Å². The van der Waals surface area contributed by atoms with Gasteiger partial charge in [0.25, 0.3) is 0 Å². The van der Waals surface area contributed by atoms with Crippen molar-refractivity contribution in [2.45, 2.75) is 27.0 Å². The number of nitrogens with zero attached hydrogens (tertiary/aromatic N) is 2. The zero-order chi connectivity index (χ0) is 20.5. The van der Waals surface area contributed by atoms with Gasteiger partial charge < -0.3 is 9.30 Å². The van der Waals surface area contributed by atoms with Crippen molar-refractivity contribution in [1.82, 2.24) is 9.55 Å². The molecule has 0 atom stereocenters. The molecule has 0 bridgehead atoms. The molecule has 148 valence electrons. The maximum Gasteiger partial charge on any atom is 0.148 e. The van der Waals surface area contributed by atoms with E-state index in [-0.39, 0.29) is 0 Å². The van der Waals surface area contributed by atoms with E-state index in [9.17, 15) is 0 Å². The minimum absolute atomic E-state index is 0.437. The number of rotatable bonds is 5. The molecule has 3 heteroatoms. The number of aryl methyl sites for hydroxylation is 2. The van der Waals surface area contributed by atoms with Gasteiger partial charge in [-0.25, -0.2) is 4.98 Å². The van der Waals surface area contributed by atoms with E-state index in [1.165, 1.54) is 21.9 Å². The van der Waals surface area contributed by atoms with E-state index in [2.05, 4.69) is 97.3 Å². The van der Waals surface area contributed by atoms with Crippen molar-refractivity contribution in [3.63, 3.8) is 0 Å². The van der Waals surface area contributed by atoms with Gasteiger partial charge in [-0.1, -0.05) is 60.7 Å². The number of para-hydroxylation sites is 2. The first-order chi connectivity index (χ1) is 14.7. The highest BCUT2D eigenvalue weighted by molar-refractivity contribution is 5.83. The number of hydrogen-bond donors (Lipinski definition) is 0. The largest absolute Gasteiger partial charge is 0.485 e. The zero-order valence-electron chi connectivity index (χ0n) is 17.3. The molecule has 0 radical (unpaired) electrons. The van der Waals surface area contributed by atoms with Crippen LogP contribution in [0.3, 0.4) is 0 Å². The molecular formula is C27H24N2O. The topological polar surface area (TPSA) is 27.1 Å². The summed E-state index contributed by atoms with van der Waals surface area (Å²) in [6, 6.07) is 29.7. The molecule has 4 aromatic carbocycles. The second-order valence-electron chi connectivity index (χ2n) is 7.84. The molecule has 0 aliphatic carbocycles. The van der Waals surface area contributed by atoms with Gasteiger partial charge in [-0.05, 0) is 65.6 Å². The maximum atomic E-state index is 6.20. The average Bonchev–Trinajstić information content (AvgIpc) is 3.11. The minimum Gasteiger partial charge on any atom is -0.485 e. The van der Waals surface area contributed by atoms with E-state index < -0.39 is 0 Å². The monoisotopic (exact) mass is 392 g/mol. The molecule has 0 aliphatic rings. The third kappa shape index (κ3) is 3.55. The van der Waals surface area contributed by atoms with Crippen molar-refractivity contribution in [1.29, 1.82) is 0 Å². The lowest BCUT2D eigenvalue weighted by Crippen LogP contribution is -2.09. The fourth-order valence-corrected chi connectivity index (χ4v) is 3.94. The summed E-state index contributed by atoms with van der Waals surface area (Å²) in [4.78, 5) is 4.88. The molecule has 5 rings (SSSR count). The van der Waals surface area contributed by atoms with Gasteiger partial charge in [-0.3, -0.25) is 0 Å². The smallest absolute Gasteiger partial charge is 0.148 e. The van der Waals surface area contributed by atoms with E-state index in [4.69, 9.17) is 9.72 Å². The second-order valence-corrected chi connectivity index (χ2v) is 7.84. The first kappa shape index (κ1) is 18.4. The summed E-state index contributed by atoms with van der Waals surface area (Å²) in [5.74, 6) is 1.85. The Balaban J connectivity index is 1.50. The van der Waals surface area contributed by atoms with Crippen LogP contribution in [0, 0.1) is 13.8 Å². The summed E-state index contributed by atoms with van der Waals surface area (Å²) in [6.07, 6.45) is 0. The van der Waals surface area contributed by atoms with E-state index in [0.717, 1.165) is 34.7 Å². The van der Waals surface area contributed by atoms with Gasteiger partial charge >= 0.3 is 0 Å². The lowest BCUT2D eigenvalue weighted by Gasteiger charge is -2.13. The van der Waals surface area contributed by atoms with E-state index in [0.29, 0.717) is 6.61 Å². The lowest BCUT2D eigenvalue weighted by atomic mass is 10.1. The Morgan fingerprint density at radius 1 is 0.800 bits per heavy atom. The first-order valence-corrected chi connectivity index (χ1v) is 10.3. The van der Waals surface area contributed by atoms with Gasteiger partial charge in [0.1, 0.15) is 18.2 Å². The highest BCUT2D eigenvalue weighted by Gasteiger charge is 2.12. The summed E-state index contributed by atoms with van der Waals surface area (Å²) in [7, 11) is 0. The molecule has 0 amide bonds. The van der Waals surface area contributed by atoms with Crippen LogP contribution in [-0.2, 0) is 13.2 Å². The molecule has 0 N–H and O–H groups in total. The van der Waals surface area contributed by atoms with Crippen molar-refractivity contribution >= 4 is 21.8 Å². The number of benzene rings is 4. The molecule has 30 heavy (non-hydrogen) atoms. The lowest BCUT2D eigenvalue weighted by molar-refractivity contribution is 0.289. The Morgan fingerprint density at radius 2 is 1.60 bits per heavy atom. The van der Waals surface area contributed by atoms with Gasteiger partial charge in [0.05, 0.1) is 11.0 Å². The van der Waals surface area contributed by atoms with Crippen LogP contribution in [0.2, 0.25) is 0 Å². The Labute approximate surface area is 176 Å². The molecule has 0 saturated heterocycles. The molecule has 0 fully saturated rings. The van der Waals surface area contributed by atoms with Crippen molar-refractivity contribution in [3.8, 4) is 5.75 Å². The first-order valence-electron chi connectivity index (χ1n) is 10.3. The van der Waals surface area contributed by atoms with Gasteiger partial charge in [0.15, 0.2) is 0 Å². The Morgan fingerprint density at radius 3 is 2.50 bits per heavy atom. The van der Waals surface area contributed by atoms with Gasteiger partial charge in [-0.2, -0.15) is 0 Å². The maximum absolute atomic E-state index is 6.20. The van der Waals surface area contributed by atoms with Crippen molar-refractivity contribution in [2.75, 3.05) is 0 Å². The molecule has 5 aromatic rings. The molecular weight excluding hydrogens is 368 g/mol. The molecule has 0 saturated carbocycles. The Hall–Kier alpha value is -3.59. The molecule has 3 nitrogen and oxygen atoms in total. The van der Waals surface area contributed by atoms with Crippen LogP contribution in [0.5, 0.6) is 5.75 Å². The number of fused-ring (bicyclic) bond motifs is 2. The third-order valence-electron chi connectivity index (χ3n) is 5.59. The van der Waals surface area contributed by atoms with Crippen molar-refractivity contribution in [2.24, 2.45) is 0 Å². The minimum atomic E-state index is 0.437. The number of ether oxygens (including phenoxy) is 1. The van der Waals surface area contributed by atoms with Gasteiger partial charge in [0, 0.05) is 6.54 Å². The predicted octanol–water partition coefficient (Wildman–Crippen LogP) is 6.43. The Kier molecular flexibility index (Phi) is 4.72. The number of aromatic nitrogens is 2. The Bertz CT molecular complexity index is 1350. The zero-order valence-corrected chi connectivity index (χ0v) is 17.3. The van der Waals surface area contributed by atoms with E-state index in [1.807, 2.05) is 6.07 Å². The highest BCUT2D eigenvalue weighted by Crippen LogP contribution is 2.24. The molecule has 0 spiro atoms. The second kappa shape index (κ2) is 7.68. The van der Waals surface area contributed by atoms with Crippen LogP contribution in [-0.4, -0.2) is 9.55 Å². The summed E-state index contributed by atoms with van der Waals surface area (Å²) in [5.41, 5.74) is 5.71. The van der Waals surface area contributed by atoms with Crippen molar-refractivity contribution in [3.05, 3.63) is 107 Å². The van der Waals surface area contributed by atoms with E-state index >= 15 is 0 Å². The highest BCUT2D eigenvalue weighted by atomic mass is 16.5. The van der Waals surface area contributed by atoms with Gasteiger partial charge in [0.2, 0.25) is 0 Å².